The van der Waals surface area contributed by atoms with Gasteiger partial charge < -0.3 is 24.8 Å². The fourth-order valence-corrected chi connectivity index (χ4v) is 2.00. The van der Waals surface area contributed by atoms with Crippen LogP contribution >= 0.6 is 24.0 Å². The molecule has 0 fully saturated rings. The van der Waals surface area contributed by atoms with Crippen molar-refractivity contribution in [3.8, 4) is 0 Å². The van der Waals surface area contributed by atoms with Crippen molar-refractivity contribution in [2.24, 2.45) is 4.99 Å². The number of rotatable bonds is 12. The Morgan fingerprint density at radius 3 is 2.36 bits per heavy atom. The maximum Gasteiger partial charge on any atom is 0.191 e. The molecule has 0 unspecified atom stereocenters. The predicted octanol–water partition coefficient (Wildman–Crippen LogP) is 2.56. The molecular formula is C18H32IN3O3. The number of hydrogen-bond acceptors (Lipinski definition) is 4. The van der Waals surface area contributed by atoms with E-state index >= 15 is 0 Å². The number of nitrogens with one attached hydrogen (secondary N) is 2. The van der Waals surface area contributed by atoms with Crippen LogP contribution in [0.1, 0.15) is 24.5 Å². The van der Waals surface area contributed by atoms with E-state index in [1.54, 1.807) is 14.2 Å². The van der Waals surface area contributed by atoms with Crippen LogP contribution in [0.15, 0.2) is 29.3 Å². The topological polar surface area (TPSA) is 64.1 Å². The van der Waals surface area contributed by atoms with E-state index in [1.165, 1.54) is 11.1 Å². The van der Waals surface area contributed by atoms with Crippen LogP contribution in [-0.4, -0.2) is 53.1 Å². The molecule has 0 radical (unpaired) electrons. The van der Waals surface area contributed by atoms with E-state index in [-0.39, 0.29) is 24.0 Å². The normalized spacial score (nSPS) is 11.1. The molecule has 0 aromatic heterocycles. The lowest BCUT2D eigenvalue weighted by Gasteiger charge is -2.12. The SMILES string of the molecule is CCOCc1ccc(CNC(=NC)NCCCOCCOC)cc1.I. The van der Waals surface area contributed by atoms with E-state index in [0.717, 1.165) is 32.1 Å². The fourth-order valence-electron chi connectivity index (χ4n) is 2.00. The van der Waals surface area contributed by atoms with Crippen LogP contribution in [0.4, 0.5) is 0 Å². The summed E-state index contributed by atoms with van der Waals surface area (Å²) >= 11 is 0. The molecule has 0 amide bonds. The highest BCUT2D eigenvalue weighted by molar-refractivity contribution is 14.0. The summed E-state index contributed by atoms with van der Waals surface area (Å²) in [5.74, 6) is 0.797. The van der Waals surface area contributed by atoms with E-state index < -0.39 is 0 Å². The summed E-state index contributed by atoms with van der Waals surface area (Å²) in [5, 5.41) is 6.58. The lowest BCUT2D eigenvalue weighted by Crippen LogP contribution is -2.37. The van der Waals surface area contributed by atoms with Gasteiger partial charge in [0.05, 0.1) is 19.8 Å². The van der Waals surface area contributed by atoms with Crippen LogP contribution in [0.3, 0.4) is 0 Å². The molecule has 0 spiro atoms. The van der Waals surface area contributed by atoms with E-state index in [4.69, 9.17) is 14.2 Å². The van der Waals surface area contributed by atoms with Gasteiger partial charge in [0, 0.05) is 40.5 Å². The molecular weight excluding hydrogens is 433 g/mol. The number of nitrogens with zero attached hydrogens (tertiary/aromatic N) is 1. The van der Waals surface area contributed by atoms with Crippen LogP contribution < -0.4 is 10.6 Å². The average Bonchev–Trinajstić information content (AvgIpc) is 2.62. The minimum atomic E-state index is 0. The molecule has 1 aromatic rings. The molecule has 0 aliphatic rings. The summed E-state index contributed by atoms with van der Waals surface area (Å²) < 4.78 is 15.7. The lowest BCUT2D eigenvalue weighted by molar-refractivity contribution is 0.0698. The molecule has 2 N–H and O–H groups in total. The van der Waals surface area contributed by atoms with Crippen LogP contribution in [0.25, 0.3) is 0 Å². The summed E-state index contributed by atoms with van der Waals surface area (Å²) in [4.78, 5) is 4.22. The zero-order chi connectivity index (χ0) is 17.5. The molecule has 0 aliphatic heterocycles. The zero-order valence-corrected chi connectivity index (χ0v) is 17.9. The zero-order valence-electron chi connectivity index (χ0n) is 15.5. The number of guanidine groups is 1. The number of methoxy groups -OCH3 is 1. The average molecular weight is 465 g/mol. The molecule has 144 valence electrons. The number of benzene rings is 1. The van der Waals surface area contributed by atoms with Gasteiger partial charge in [0.15, 0.2) is 5.96 Å². The molecule has 0 saturated carbocycles. The van der Waals surface area contributed by atoms with Crippen molar-refractivity contribution in [1.29, 1.82) is 0 Å². The number of halogens is 1. The first kappa shape index (κ1) is 24.1. The predicted molar refractivity (Wildman–Crippen MR) is 113 cm³/mol. The van der Waals surface area contributed by atoms with Crippen LogP contribution in [0, 0.1) is 0 Å². The third-order valence-corrected chi connectivity index (χ3v) is 3.37. The van der Waals surface area contributed by atoms with Crippen molar-refractivity contribution < 1.29 is 14.2 Å². The van der Waals surface area contributed by atoms with Gasteiger partial charge in [0.2, 0.25) is 0 Å². The smallest absolute Gasteiger partial charge is 0.191 e. The Labute approximate surface area is 168 Å². The molecule has 1 aromatic carbocycles. The van der Waals surface area contributed by atoms with Gasteiger partial charge in [0.25, 0.3) is 0 Å². The Bertz CT molecular complexity index is 455. The summed E-state index contributed by atoms with van der Waals surface area (Å²) in [6.45, 7) is 6.96. The van der Waals surface area contributed by atoms with Gasteiger partial charge >= 0.3 is 0 Å². The van der Waals surface area contributed by atoms with Crippen LogP contribution in [0.5, 0.6) is 0 Å². The molecule has 0 aliphatic carbocycles. The lowest BCUT2D eigenvalue weighted by atomic mass is 10.1. The molecule has 7 heteroatoms. The Morgan fingerprint density at radius 2 is 1.72 bits per heavy atom. The summed E-state index contributed by atoms with van der Waals surface area (Å²) in [7, 11) is 3.45. The maximum absolute atomic E-state index is 5.42. The van der Waals surface area contributed by atoms with Gasteiger partial charge in [-0.15, -0.1) is 24.0 Å². The minimum absolute atomic E-state index is 0. The molecule has 1 rings (SSSR count). The Morgan fingerprint density at radius 1 is 1.00 bits per heavy atom. The second-order valence-corrected chi connectivity index (χ2v) is 5.26. The van der Waals surface area contributed by atoms with Gasteiger partial charge in [-0.3, -0.25) is 4.99 Å². The van der Waals surface area contributed by atoms with Gasteiger partial charge in [0.1, 0.15) is 0 Å². The second-order valence-electron chi connectivity index (χ2n) is 5.26. The molecule has 25 heavy (non-hydrogen) atoms. The monoisotopic (exact) mass is 465 g/mol. The standard InChI is InChI=1S/C18H31N3O3.HI/c1-4-23-15-17-8-6-16(7-9-17)14-21-18(19-2)20-10-5-11-24-13-12-22-3;/h6-9H,4-5,10-15H2,1-3H3,(H2,19,20,21);1H. The highest BCUT2D eigenvalue weighted by Crippen LogP contribution is 2.05. The number of aliphatic imine (C=N–C) groups is 1. The quantitative estimate of drug-likeness (QED) is 0.215. The van der Waals surface area contributed by atoms with E-state index in [0.29, 0.717) is 26.4 Å². The van der Waals surface area contributed by atoms with Crippen molar-refractivity contribution in [3.05, 3.63) is 35.4 Å². The van der Waals surface area contributed by atoms with Gasteiger partial charge in [-0.1, -0.05) is 24.3 Å². The third kappa shape index (κ3) is 12.1. The molecule has 6 nitrogen and oxygen atoms in total. The first-order chi connectivity index (χ1) is 11.8. The first-order valence-corrected chi connectivity index (χ1v) is 8.47. The first-order valence-electron chi connectivity index (χ1n) is 8.47. The second kappa shape index (κ2) is 16.6. The third-order valence-electron chi connectivity index (χ3n) is 3.37. The van der Waals surface area contributed by atoms with E-state index in [9.17, 15) is 0 Å². The summed E-state index contributed by atoms with van der Waals surface area (Å²) in [5.41, 5.74) is 2.40. The van der Waals surface area contributed by atoms with Crippen molar-refractivity contribution in [3.63, 3.8) is 0 Å². The van der Waals surface area contributed by atoms with Gasteiger partial charge in [-0.05, 0) is 24.5 Å². The number of ether oxygens (including phenoxy) is 3. The molecule has 0 saturated heterocycles. The highest BCUT2D eigenvalue weighted by atomic mass is 127. The van der Waals surface area contributed by atoms with E-state index in [1.807, 2.05) is 6.92 Å². The fraction of sp³-hybridized carbons (Fsp3) is 0.611. The van der Waals surface area contributed by atoms with Crippen molar-refractivity contribution in [2.75, 3.05) is 47.1 Å². The Balaban J connectivity index is 0.00000576. The van der Waals surface area contributed by atoms with E-state index in [2.05, 4.69) is 39.9 Å². The van der Waals surface area contributed by atoms with Crippen molar-refractivity contribution >= 4 is 29.9 Å². The highest BCUT2D eigenvalue weighted by Gasteiger charge is 1.99. The Kier molecular flexibility index (Phi) is 16.0. The minimum Gasteiger partial charge on any atom is -0.382 e. The number of hydrogen-bond donors (Lipinski definition) is 2. The summed E-state index contributed by atoms with van der Waals surface area (Å²) in [6, 6.07) is 8.41. The van der Waals surface area contributed by atoms with Crippen LogP contribution in [0.2, 0.25) is 0 Å². The molecule has 0 heterocycles. The molecule has 0 bridgehead atoms. The van der Waals surface area contributed by atoms with Crippen LogP contribution in [-0.2, 0) is 27.4 Å². The summed E-state index contributed by atoms with van der Waals surface area (Å²) in [6.07, 6.45) is 0.927. The van der Waals surface area contributed by atoms with Gasteiger partial charge in [-0.2, -0.15) is 0 Å². The maximum atomic E-state index is 5.42. The van der Waals surface area contributed by atoms with Crippen molar-refractivity contribution in [1.82, 2.24) is 10.6 Å². The van der Waals surface area contributed by atoms with Crippen molar-refractivity contribution in [2.45, 2.75) is 26.5 Å². The largest absolute Gasteiger partial charge is 0.382 e. The molecule has 0 atom stereocenters. The van der Waals surface area contributed by atoms with Gasteiger partial charge in [-0.25, -0.2) is 0 Å². The Hall–Kier alpha value is -0.900.